The van der Waals surface area contributed by atoms with Gasteiger partial charge in [-0.15, -0.1) is 0 Å². The minimum Gasteiger partial charge on any atom is -0.323 e. The van der Waals surface area contributed by atoms with E-state index < -0.39 is 0 Å². The Kier molecular flexibility index (Phi) is 4.05. The van der Waals surface area contributed by atoms with Gasteiger partial charge in [-0.3, -0.25) is 14.3 Å². The first-order chi connectivity index (χ1) is 12.2. The number of aryl methyl sites for hydroxylation is 1. The Balaban J connectivity index is 1.51. The van der Waals surface area contributed by atoms with Crippen LogP contribution in [0.4, 0.5) is 5.69 Å². The molecule has 3 aromatic rings. The molecule has 0 aliphatic carbocycles. The van der Waals surface area contributed by atoms with E-state index >= 15 is 0 Å². The standard InChI is InChI=1S/C18H19N5O2/c24-17(20-14-10-13-6-3-4-7-15(13)19-11-14)12-23-18(25)22-9-5-1-2-8-16(22)21-23/h3-4,6-7,10-11H,1-2,5,8-9,12H2,(H,20,24). The molecule has 0 fully saturated rings. The summed E-state index contributed by atoms with van der Waals surface area (Å²) in [5, 5.41) is 8.07. The third-order valence-corrected chi connectivity index (χ3v) is 4.45. The van der Waals surface area contributed by atoms with Crippen LogP contribution < -0.4 is 11.0 Å². The summed E-state index contributed by atoms with van der Waals surface area (Å²) in [6.07, 6.45) is 5.53. The predicted octanol–water partition coefficient (Wildman–Crippen LogP) is 1.96. The molecule has 0 saturated heterocycles. The lowest BCUT2D eigenvalue weighted by Gasteiger charge is -2.06. The molecule has 0 radical (unpaired) electrons. The highest BCUT2D eigenvalue weighted by molar-refractivity contribution is 5.92. The van der Waals surface area contributed by atoms with Gasteiger partial charge in [0.2, 0.25) is 5.91 Å². The lowest BCUT2D eigenvalue weighted by atomic mass is 10.2. The van der Waals surface area contributed by atoms with Crippen LogP contribution in [0, 0.1) is 0 Å². The van der Waals surface area contributed by atoms with Crippen LogP contribution in [0.1, 0.15) is 25.1 Å². The second-order valence-electron chi connectivity index (χ2n) is 6.28. The van der Waals surface area contributed by atoms with Crippen LogP contribution in [0.15, 0.2) is 41.3 Å². The summed E-state index contributed by atoms with van der Waals surface area (Å²) < 4.78 is 2.95. The van der Waals surface area contributed by atoms with Crippen LogP contribution in [0.2, 0.25) is 0 Å². The third kappa shape index (κ3) is 3.17. The summed E-state index contributed by atoms with van der Waals surface area (Å²) in [5.74, 6) is 0.495. The van der Waals surface area contributed by atoms with E-state index in [4.69, 9.17) is 0 Å². The Hall–Kier alpha value is -2.96. The van der Waals surface area contributed by atoms with Crippen molar-refractivity contribution in [2.75, 3.05) is 5.32 Å². The van der Waals surface area contributed by atoms with Crippen LogP contribution in [-0.4, -0.2) is 25.2 Å². The highest BCUT2D eigenvalue weighted by Gasteiger charge is 2.17. The molecular weight excluding hydrogens is 318 g/mol. The van der Waals surface area contributed by atoms with Crippen LogP contribution in [-0.2, 0) is 24.3 Å². The second-order valence-corrected chi connectivity index (χ2v) is 6.28. The third-order valence-electron chi connectivity index (χ3n) is 4.45. The van der Waals surface area contributed by atoms with E-state index in [1.807, 2.05) is 30.3 Å². The van der Waals surface area contributed by atoms with E-state index in [1.54, 1.807) is 10.8 Å². The molecule has 7 nitrogen and oxygen atoms in total. The molecule has 0 unspecified atom stereocenters. The number of hydrogen-bond donors (Lipinski definition) is 1. The maximum absolute atomic E-state index is 12.4. The first-order valence-corrected chi connectivity index (χ1v) is 8.52. The van der Waals surface area contributed by atoms with Crippen LogP contribution >= 0.6 is 0 Å². The number of carbonyl (C=O) groups is 1. The number of pyridine rings is 1. The molecule has 0 saturated carbocycles. The quantitative estimate of drug-likeness (QED) is 0.792. The molecule has 1 N–H and O–H groups in total. The highest BCUT2D eigenvalue weighted by atomic mass is 16.2. The van der Waals surface area contributed by atoms with Gasteiger partial charge in [-0.2, -0.15) is 5.10 Å². The van der Waals surface area contributed by atoms with E-state index in [0.717, 1.165) is 42.4 Å². The Morgan fingerprint density at radius 3 is 3.00 bits per heavy atom. The summed E-state index contributed by atoms with van der Waals surface area (Å²) in [6, 6.07) is 9.56. The van der Waals surface area contributed by atoms with E-state index in [1.165, 1.54) is 4.68 Å². The number of amides is 1. The molecule has 1 aromatic carbocycles. The Bertz CT molecular complexity index is 989. The number of para-hydroxylation sites is 1. The normalized spacial score (nSPS) is 14.1. The summed E-state index contributed by atoms with van der Waals surface area (Å²) in [4.78, 5) is 29.0. The minimum absolute atomic E-state index is 0.0916. The van der Waals surface area contributed by atoms with Crippen molar-refractivity contribution in [1.82, 2.24) is 19.3 Å². The Morgan fingerprint density at radius 2 is 2.08 bits per heavy atom. The van der Waals surface area contributed by atoms with E-state index in [-0.39, 0.29) is 18.1 Å². The molecule has 25 heavy (non-hydrogen) atoms. The first kappa shape index (κ1) is 15.6. The zero-order chi connectivity index (χ0) is 17.2. The average Bonchev–Trinajstić information content (AvgIpc) is 2.78. The molecule has 128 valence electrons. The van der Waals surface area contributed by atoms with Gasteiger partial charge in [-0.05, 0) is 25.0 Å². The molecule has 0 atom stereocenters. The van der Waals surface area contributed by atoms with Gasteiger partial charge in [-0.25, -0.2) is 9.48 Å². The molecule has 2 aromatic heterocycles. The highest BCUT2D eigenvalue weighted by Crippen LogP contribution is 2.16. The number of nitrogens with zero attached hydrogens (tertiary/aromatic N) is 4. The number of rotatable bonds is 3. The number of carbonyl (C=O) groups excluding carboxylic acids is 1. The Labute approximate surface area is 144 Å². The largest absolute Gasteiger partial charge is 0.346 e. The predicted molar refractivity (Wildman–Crippen MR) is 94.4 cm³/mol. The van der Waals surface area contributed by atoms with Crippen molar-refractivity contribution in [2.45, 2.75) is 38.8 Å². The maximum atomic E-state index is 12.4. The minimum atomic E-state index is -0.285. The van der Waals surface area contributed by atoms with Gasteiger partial charge in [0, 0.05) is 18.4 Å². The smallest absolute Gasteiger partial charge is 0.323 e. The van der Waals surface area contributed by atoms with Crippen molar-refractivity contribution in [3.63, 3.8) is 0 Å². The molecule has 1 aliphatic rings. The van der Waals surface area contributed by atoms with Gasteiger partial charge in [-0.1, -0.05) is 24.6 Å². The fourth-order valence-electron chi connectivity index (χ4n) is 3.20. The lowest BCUT2D eigenvalue weighted by Crippen LogP contribution is -2.30. The van der Waals surface area contributed by atoms with E-state index in [9.17, 15) is 9.59 Å². The number of aromatic nitrogens is 4. The SMILES string of the molecule is O=C(Cn1nc2n(c1=O)CCCCC2)Nc1cnc2ccccc2c1. The molecule has 0 spiro atoms. The van der Waals surface area contributed by atoms with Crippen LogP contribution in [0.5, 0.6) is 0 Å². The maximum Gasteiger partial charge on any atom is 0.346 e. The fourth-order valence-corrected chi connectivity index (χ4v) is 3.20. The van der Waals surface area contributed by atoms with Gasteiger partial charge >= 0.3 is 5.69 Å². The van der Waals surface area contributed by atoms with Crippen molar-refractivity contribution >= 4 is 22.5 Å². The summed E-state index contributed by atoms with van der Waals surface area (Å²) in [7, 11) is 0. The number of fused-ring (bicyclic) bond motifs is 2. The fraction of sp³-hybridized carbons (Fsp3) is 0.333. The average molecular weight is 337 g/mol. The van der Waals surface area contributed by atoms with Gasteiger partial charge in [0.15, 0.2) is 0 Å². The second kappa shape index (κ2) is 6.51. The van der Waals surface area contributed by atoms with Gasteiger partial charge in [0.25, 0.3) is 0 Å². The topological polar surface area (TPSA) is 81.8 Å². The van der Waals surface area contributed by atoms with Crippen molar-refractivity contribution in [3.8, 4) is 0 Å². The van der Waals surface area contributed by atoms with Crippen molar-refractivity contribution in [2.24, 2.45) is 0 Å². The first-order valence-electron chi connectivity index (χ1n) is 8.52. The van der Waals surface area contributed by atoms with Crippen molar-refractivity contribution in [3.05, 3.63) is 52.8 Å². The van der Waals surface area contributed by atoms with Crippen molar-refractivity contribution in [1.29, 1.82) is 0 Å². The number of benzene rings is 1. The molecule has 4 rings (SSSR count). The lowest BCUT2D eigenvalue weighted by molar-refractivity contribution is -0.117. The zero-order valence-corrected chi connectivity index (χ0v) is 13.8. The van der Waals surface area contributed by atoms with Gasteiger partial charge in [0.05, 0.1) is 17.4 Å². The summed E-state index contributed by atoms with van der Waals surface area (Å²) in [6.45, 7) is 0.593. The number of anilines is 1. The number of hydrogen-bond acceptors (Lipinski definition) is 4. The molecule has 1 aliphatic heterocycles. The molecule has 3 heterocycles. The summed E-state index contributed by atoms with van der Waals surface area (Å²) >= 11 is 0. The molecular formula is C18H19N5O2. The van der Waals surface area contributed by atoms with Gasteiger partial charge < -0.3 is 5.32 Å². The van der Waals surface area contributed by atoms with Crippen LogP contribution in [0.3, 0.4) is 0 Å². The molecule has 0 bridgehead atoms. The Morgan fingerprint density at radius 1 is 1.20 bits per heavy atom. The molecule has 1 amide bonds. The van der Waals surface area contributed by atoms with E-state index in [2.05, 4.69) is 15.4 Å². The monoisotopic (exact) mass is 337 g/mol. The summed E-state index contributed by atoms with van der Waals surface area (Å²) in [5.41, 5.74) is 1.27. The van der Waals surface area contributed by atoms with E-state index in [0.29, 0.717) is 12.2 Å². The van der Waals surface area contributed by atoms with Crippen molar-refractivity contribution < 1.29 is 4.79 Å². The van der Waals surface area contributed by atoms with Crippen LogP contribution in [0.25, 0.3) is 10.9 Å². The molecule has 7 heteroatoms. The number of nitrogens with one attached hydrogen (secondary N) is 1. The van der Waals surface area contributed by atoms with Gasteiger partial charge in [0.1, 0.15) is 12.4 Å². The zero-order valence-electron chi connectivity index (χ0n) is 13.8.